The molecule has 5 heteroatoms. The third-order valence-electron chi connectivity index (χ3n) is 3.64. The molecule has 0 spiro atoms. The molecule has 0 unspecified atom stereocenters. The van der Waals surface area contributed by atoms with Gasteiger partial charge >= 0.3 is 5.97 Å². The highest BCUT2D eigenvalue weighted by Gasteiger charge is 2.35. The molecule has 0 bridgehead atoms. The number of hydrogen-bond acceptors (Lipinski definition) is 3. The second-order valence-corrected chi connectivity index (χ2v) is 5.95. The minimum Gasteiger partial charge on any atom is -0.481 e. The van der Waals surface area contributed by atoms with Crippen molar-refractivity contribution in [1.29, 1.82) is 0 Å². The lowest BCUT2D eigenvalue weighted by molar-refractivity contribution is -0.148. The standard InChI is InChI=1S/C15H27NO4/c1-11(2)10-20-9-5-8-16-14(17)12-6-3-4-7-13(12)15(18)19/h11-13H,3-10H2,1-2H3,(H,16,17)(H,18,19)/t12-,13+/m1/s1. The molecule has 1 fully saturated rings. The Morgan fingerprint density at radius 3 is 2.50 bits per heavy atom. The third-order valence-corrected chi connectivity index (χ3v) is 3.64. The summed E-state index contributed by atoms with van der Waals surface area (Å²) in [6.07, 6.45) is 3.92. The summed E-state index contributed by atoms with van der Waals surface area (Å²) in [6.45, 7) is 6.11. The zero-order valence-corrected chi connectivity index (χ0v) is 12.6. The van der Waals surface area contributed by atoms with Crippen LogP contribution in [0.4, 0.5) is 0 Å². The normalized spacial score (nSPS) is 22.8. The van der Waals surface area contributed by atoms with Crippen LogP contribution in [-0.2, 0) is 14.3 Å². The number of amides is 1. The van der Waals surface area contributed by atoms with Crippen molar-refractivity contribution >= 4 is 11.9 Å². The number of carbonyl (C=O) groups excluding carboxylic acids is 1. The summed E-state index contributed by atoms with van der Waals surface area (Å²) in [7, 11) is 0. The van der Waals surface area contributed by atoms with Gasteiger partial charge in [0.05, 0.1) is 11.8 Å². The minimum atomic E-state index is -0.842. The molecular formula is C15H27NO4. The highest BCUT2D eigenvalue weighted by atomic mass is 16.5. The van der Waals surface area contributed by atoms with E-state index >= 15 is 0 Å². The smallest absolute Gasteiger partial charge is 0.307 e. The van der Waals surface area contributed by atoms with E-state index in [9.17, 15) is 9.59 Å². The number of carboxylic acid groups (broad SMARTS) is 1. The molecule has 20 heavy (non-hydrogen) atoms. The molecule has 0 aliphatic heterocycles. The van der Waals surface area contributed by atoms with Crippen LogP contribution in [0.2, 0.25) is 0 Å². The van der Waals surface area contributed by atoms with E-state index in [0.29, 0.717) is 31.9 Å². The number of aliphatic carboxylic acids is 1. The predicted octanol–water partition coefficient (Wildman–Crippen LogP) is 2.06. The number of hydrogen-bond donors (Lipinski definition) is 2. The van der Waals surface area contributed by atoms with Crippen molar-refractivity contribution in [2.75, 3.05) is 19.8 Å². The molecule has 0 aromatic heterocycles. The number of nitrogens with one attached hydrogen (secondary N) is 1. The van der Waals surface area contributed by atoms with Gasteiger partial charge in [0.15, 0.2) is 0 Å². The Morgan fingerprint density at radius 1 is 1.25 bits per heavy atom. The molecule has 0 aromatic rings. The van der Waals surface area contributed by atoms with E-state index in [2.05, 4.69) is 19.2 Å². The van der Waals surface area contributed by atoms with Crippen LogP contribution in [0.25, 0.3) is 0 Å². The fourth-order valence-electron chi connectivity index (χ4n) is 2.58. The average molecular weight is 285 g/mol. The molecule has 1 rings (SSSR count). The van der Waals surface area contributed by atoms with Crippen molar-refractivity contribution < 1.29 is 19.4 Å². The fraction of sp³-hybridized carbons (Fsp3) is 0.867. The minimum absolute atomic E-state index is 0.110. The SMILES string of the molecule is CC(C)COCCCNC(=O)[C@@H]1CCCC[C@@H]1C(=O)O. The molecule has 116 valence electrons. The summed E-state index contributed by atoms with van der Waals surface area (Å²) in [6, 6.07) is 0. The quantitative estimate of drug-likeness (QED) is 0.669. The van der Waals surface area contributed by atoms with E-state index < -0.39 is 11.9 Å². The lowest BCUT2D eigenvalue weighted by Crippen LogP contribution is -2.40. The van der Waals surface area contributed by atoms with Gasteiger partial charge in [-0.2, -0.15) is 0 Å². The number of rotatable bonds is 8. The molecule has 1 amide bonds. The van der Waals surface area contributed by atoms with Gasteiger partial charge in [0.2, 0.25) is 5.91 Å². The van der Waals surface area contributed by atoms with E-state index in [4.69, 9.17) is 9.84 Å². The van der Waals surface area contributed by atoms with Crippen molar-refractivity contribution in [3.63, 3.8) is 0 Å². The molecule has 5 nitrogen and oxygen atoms in total. The largest absolute Gasteiger partial charge is 0.481 e. The van der Waals surface area contributed by atoms with E-state index in [1.807, 2.05) is 0 Å². The topological polar surface area (TPSA) is 75.6 Å². The lowest BCUT2D eigenvalue weighted by Gasteiger charge is -2.27. The maximum atomic E-state index is 12.0. The summed E-state index contributed by atoms with van der Waals surface area (Å²) in [4.78, 5) is 23.2. The van der Waals surface area contributed by atoms with Gasteiger partial charge in [-0.1, -0.05) is 26.7 Å². The number of carboxylic acids is 1. The van der Waals surface area contributed by atoms with Crippen molar-refractivity contribution in [1.82, 2.24) is 5.32 Å². The van der Waals surface area contributed by atoms with Gasteiger partial charge in [-0.3, -0.25) is 9.59 Å². The van der Waals surface area contributed by atoms with Crippen LogP contribution in [-0.4, -0.2) is 36.7 Å². The Balaban J connectivity index is 2.22. The van der Waals surface area contributed by atoms with Gasteiger partial charge in [0.25, 0.3) is 0 Å². The van der Waals surface area contributed by atoms with Crippen molar-refractivity contribution in [3.8, 4) is 0 Å². The first-order chi connectivity index (χ1) is 9.52. The fourth-order valence-corrected chi connectivity index (χ4v) is 2.58. The zero-order valence-electron chi connectivity index (χ0n) is 12.6. The van der Waals surface area contributed by atoms with E-state index in [1.54, 1.807) is 0 Å². The Labute approximate surface area is 121 Å². The summed E-state index contributed by atoms with van der Waals surface area (Å²) >= 11 is 0. The number of ether oxygens (including phenoxy) is 1. The van der Waals surface area contributed by atoms with Crippen LogP contribution in [0, 0.1) is 17.8 Å². The molecule has 0 aromatic carbocycles. The first-order valence-corrected chi connectivity index (χ1v) is 7.60. The highest BCUT2D eigenvalue weighted by molar-refractivity contribution is 5.84. The number of carbonyl (C=O) groups is 2. The molecule has 2 N–H and O–H groups in total. The first kappa shape index (κ1) is 17.0. The second-order valence-electron chi connectivity index (χ2n) is 5.95. The van der Waals surface area contributed by atoms with Crippen molar-refractivity contribution in [3.05, 3.63) is 0 Å². The van der Waals surface area contributed by atoms with Crippen LogP contribution in [0.3, 0.4) is 0 Å². The van der Waals surface area contributed by atoms with Crippen LogP contribution in [0.15, 0.2) is 0 Å². The second kappa shape index (κ2) is 8.95. The maximum absolute atomic E-state index is 12.0. The van der Waals surface area contributed by atoms with Gasteiger partial charge in [-0.05, 0) is 25.2 Å². The maximum Gasteiger partial charge on any atom is 0.307 e. The van der Waals surface area contributed by atoms with E-state index in [0.717, 1.165) is 25.9 Å². The van der Waals surface area contributed by atoms with Gasteiger partial charge in [0.1, 0.15) is 0 Å². The van der Waals surface area contributed by atoms with Crippen molar-refractivity contribution in [2.45, 2.75) is 46.0 Å². The summed E-state index contributed by atoms with van der Waals surface area (Å²) in [5.74, 6) is -1.31. The predicted molar refractivity (Wildman–Crippen MR) is 76.4 cm³/mol. The van der Waals surface area contributed by atoms with Crippen LogP contribution < -0.4 is 5.32 Å². The van der Waals surface area contributed by atoms with Gasteiger partial charge in [0, 0.05) is 19.8 Å². The average Bonchev–Trinajstić information content (AvgIpc) is 2.42. The molecular weight excluding hydrogens is 258 g/mol. The molecule has 2 atom stereocenters. The highest BCUT2D eigenvalue weighted by Crippen LogP contribution is 2.30. The lowest BCUT2D eigenvalue weighted by atomic mass is 9.79. The Bertz CT molecular complexity index is 317. The van der Waals surface area contributed by atoms with Gasteiger partial charge in [-0.25, -0.2) is 0 Å². The van der Waals surface area contributed by atoms with Crippen LogP contribution in [0.1, 0.15) is 46.0 Å². The van der Waals surface area contributed by atoms with Gasteiger partial charge < -0.3 is 15.2 Å². The third kappa shape index (κ3) is 5.90. The Morgan fingerprint density at radius 2 is 1.90 bits per heavy atom. The molecule has 1 aliphatic carbocycles. The first-order valence-electron chi connectivity index (χ1n) is 7.60. The summed E-state index contributed by atoms with van der Waals surface area (Å²) in [5.41, 5.74) is 0. The van der Waals surface area contributed by atoms with E-state index in [-0.39, 0.29) is 11.8 Å². The van der Waals surface area contributed by atoms with E-state index in [1.165, 1.54) is 0 Å². The Kier molecular flexibility index (Phi) is 7.59. The Hall–Kier alpha value is -1.10. The summed E-state index contributed by atoms with van der Waals surface area (Å²) < 4.78 is 5.44. The van der Waals surface area contributed by atoms with Gasteiger partial charge in [-0.15, -0.1) is 0 Å². The molecule has 0 radical (unpaired) electrons. The molecule has 0 saturated heterocycles. The molecule has 1 saturated carbocycles. The van der Waals surface area contributed by atoms with Crippen LogP contribution in [0.5, 0.6) is 0 Å². The zero-order chi connectivity index (χ0) is 15.0. The molecule has 1 aliphatic rings. The summed E-state index contributed by atoms with van der Waals surface area (Å²) in [5, 5.41) is 12.0. The van der Waals surface area contributed by atoms with Crippen LogP contribution >= 0.6 is 0 Å². The monoisotopic (exact) mass is 285 g/mol. The molecule has 0 heterocycles. The van der Waals surface area contributed by atoms with Crippen molar-refractivity contribution in [2.24, 2.45) is 17.8 Å².